The summed E-state index contributed by atoms with van der Waals surface area (Å²) < 4.78 is 5.75. The van der Waals surface area contributed by atoms with Crippen molar-refractivity contribution in [2.45, 2.75) is 13.3 Å². The molecule has 0 fully saturated rings. The third kappa shape index (κ3) is 4.39. The molecule has 166 valence electrons. The molecule has 5 aromatic rings. The monoisotopic (exact) mass is 444 g/mol. The molecule has 5 rings (SSSR count). The number of hydrogen-bond acceptors (Lipinski definition) is 4. The first-order valence-electron chi connectivity index (χ1n) is 11.2. The van der Waals surface area contributed by atoms with E-state index in [1.807, 2.05) is 110 Å². The Bertz CT molecular complexity index is 1510. The zero-order valence-electron chi connectivity index (χ0n) is 18.9. The summed E-state index contributed by atoms with van der Waals surface area (Å²) in [6, 6.07) is 33.5. The molecule has 0 bridgehead atoms. The van der Waals surface area contributed by atoms with Gasteiger partial charge in [0.2, 0.25) is 0 Å². The van der Waals surface area contributed by atoms with Crippen molar-refractivity contribution in [3.8, 4) is 0 Å². The number of nitrogens with two attached hydrogens (primary N) is 1. The van der Waals surface area contributed by atoms with Crippen molar-refractivity contribution >= 4 is 28.1 Å². The maximum absolute atomic E-state index is 12.9. The number of rotatable bonds is 5. The molecule has 2 N–H and O–H groups in total. The highest BCUT2D eigenvalue weighted by Crippen LogP contribution is 2.27. The highest BCUT2D eigenvalue weighted by Gasteiger charge is 2.13. The van der Waals surface area contributed by atoms with Crippen LogP contribution in [0.3, 0.4) is 0 Å². The predicted octanol–water partition coefficient (Wildman–Crippen LogP) is 6.44. The van der Waals surface area contributed by atoms with Gasteiger partial charge in [0.05, 0.1) is 11.4 Å². The summed E-state index contributed by atoms with van der Waals surface area (Å²) in [4.78, 5) is 17.8. The van der Waals surface area contributed by atoms with E-state index in [2.05, 4.69) is 0 Å². The second-order valence-electron chi connectivity index (χ2n) is 8.29. The van der Waals surface area contributed by atoms with Gasteiger partial charge >= 0.3 is 5.63 Å². The predicted molar refractivity (Wildman–Crippen MR) is 139 cm³/mol. The quantitative estimate of drug-likeness (QED) is 0.193. The van der Waals surface area contributed by atoms with Crippen molar-refractivity contribution in [2.75, 3.05) is 5.73 Å². The summed E-state index contributed by atoms with van der Waals surface area (Å²) in [5.74, 6) is 0. The number of hydrogen-bond donors (Lipinski definition) is 1. The highest BCUT2D eigenvalue weighted by molar-refractivity contribution is 6.14. The molecule has 1 aromatic heterocycles. The minimum absolute atomic E-state index is 0.333. The molecule has 0 radical (unpaired) electrons. The lowest BCUT2D eigenvalue weighted by Crippen LogP contribution is -2.11. The Morgan fingerprint density at radius 2 is 1.50 bits per heavy atom. The molecular weight excluding hydrogens is 420 g/mol. The summed E-state index contributed by atoms with van der Waals surface area (Å²) >= 11 is 0. The Kier molecular flexibility index (Phi) is 5.79. The van der Waals surface area contributed by atoms with Crippen LogP contribution in [0.4, 0.5) is 11.4 Å². The van der Waals surface area contributed by atoms with Crippen LogP contribution in [0.1, 0.15) is 27.8 Å². The lowest BCUT2D eigenvalue weighted by Gasteiger charge is -2.10. The summed E-state index contributed by atoms with van der Waals surface area (Å²) in [5.41, 5.74) is 12.9. The van der Waals surface area contributed by atoms with Gasteiger partial charge in [0.1, 0.15) is 5.58 Å². The molecule has 0 aliphatic carbocycles. The van der Waals surface area contributed by atoms with E-state index in [9.17, 15) is 4.79 Å². The van der Waals surface area contributed by atoms with Gasteiger partial charge in [-0.2, -0.15) is 0 Å². The van der Waals surface area contributed by atoms with Gasteiger partial charge in [-0.05, 0) is 42.3 Å². The lowest BCUT2D eigenvalue weighted by molar-refractivity contribution is 0.551. The van der Waals surface area contributed by atoms with Gasteiger partial charge < -0.3 is 10.2 Å². The summed E-state index contributed by atoms with van der Waals surface area (Å²) in [6.45, 7) is 1.96. The van der Waals surface area contributed by atoms with Gasteiger partial charge in [0.15, 0.2) is 0 Å². The molecule has 0 atom stereocenters. The van der Waals surface area contributed by atoms with Gasteiger partial charge in [-0.3, -0.25) is 0 Å². The average Bonchev–Trinajstić information content (AvgIpc) is 2.86. The van der Waals surface area contributed by atoms with Crippen LogP contribution < -0.4 is 11.4 Å². The number of fused-ring (bicyclic) bond motifs is 1. The minimum Gasteiger partial charge on any atom is -0.422 e. The fourth-order valence-corrected chi connectivity index (χ4v) is 4.18. The Morgan fingerprint density at radius 1 is 0.824 bits per heavy atom. The van der Waals surface area contributed by atoms with E-state index in [-0.39, 0.29) is 5.63 Å². The molecule has 1 heterocycles. The number of nitrogens with zero attached hydrogens (tertiary/aromatic N) is 1. The zero-order valence-corrected chi connectivity index (χ0v) is 18.9. The molecule has 0 aliphatic heterocycles. The van der Waals surface area contributed by atoms with Crippen LogP contribution in [0.2, 0.25) is 0 Å². The third-order valence-corrected chi connectivity index (χ3v) is 5.94. The first kappa shape index (κ1) is 21.4. The fraction of sp³-hybridized carbons (Fsp3) is 0.0667. The summed E-state index contributed by atoms with van der Waals surface area (Å²) in [7, 11) is 0. The molecule has 0 unspecified atom stereocenters. The van der Waals surface area contributed by atoms with Crippen LogP contribution in [0, 0.1) is 6.92 Å². The Hall–Kier alpha value is -4.44. The fourth-order valence-electron chi connectivity index (χ4n) is 4.18. The van der Waals surface area contributed by atoms with E-state index in [4.69, 9.17) is 15.1 Å². The largest absolute Gasteiger partial charge is 0.422 e. The molecule has 34 heavy (non-hydrogen) atoms. The highest BCUT2D eigenvalue weighted by atomic mass is 16.4. The van der Waals surface area contributed by atoms with Crippen molar-refractivity contribution in [1.29, 1.82) is 0 Å². The van der Waals surface area contributed by atoms with E-state index in [1.165, 1.54) is 0 Å². The second-order valence-corrected chi connectivity index (χ2v) is 8.29. The van der Waals surface area contributed by atoms with Crippen molar-refractivity contribution in [1.82, 2.24) is 0 Å². The summed E-state index contributed by atoms with van der Waals surface area (Å²) in [5, 5.41) is 0.901. The van der Waals surface area contributed by atoms with Crippen LogP contribution in [-0.4, -0.2) is 5.71 Å². The molecular formula is C30H24N2O2. The third-order valence-electron chi connectivity index (χ3n) is 5.94. The van der Waals surface area contributed by atoms with Crippen LogP contribution in [0.15, 0.2) is 117 Å². The maximum atomic E-state index is 12.9. The van der Waals surface area contributed by atoms with E-state index in [0.717, 1.165) is 39.0 Å². The molecule has 4 nitrogen and oxygen atoms in total. The SMILES string of the molecule is Cc1c(Cc2cccc(N)c2)c(=O)oc2cc(N=C(c3ccccc3)c3ccccc3)ccc12. The van der Waals surface area contributed by atoms with Crippen molar-refractivity contribution in [3.05, 3.63) is 141 Å². The van der Waals surface area contributed by atoms with Crippen molar-refractivity contribution in [2.24, 2.45) is 4.99 Å². The van der Waals surface area contributed by atoms with Gasteiger partial charge in [0, 0.05) is 40.3 Å². The molecule has 0 amide bonds. The second kappa shape index (κ2) is 9.20. The van der Waals surface area contributed by atoms with Crippen molar-refractivity contribution in [3.63, 3.8) is 0 Å². The smallest absolute Gasteiger partial charge is 0.340 e. The van der Waals surface area contributed by atoms with E-state index in [0.29, 0.717) is 23.3 Å². The van der Waals surface area contributed by atoms with Crippen LogP contribution in [0.5, 0.6) is 0 Å². The maximum Gasteiger partial charge on any atom is 0.340 e. The molecule has 4 heteroatoms. The molecule has 4 aromatic carbocycles. The Balaban J connectivity index is 1.59. The number of nitrogen functional groups attached to an aromatic ring is 1. The van der Waals surface area contributed by atoms with Crippen molar-refractivity contribution < 1.29 is 4.42 Å². The van der Waals surface area contributed by atoms with Gasteiger partial charge in [-0.25, -0.2) is 9.79 Å². The van der Waals surface area contributed by atoms with E-state index in [1.54, 1.807) is 0 Å². The Labute approximate surface area is 198 Å². The van der Waals surface area contributed by atoms with E-state index < -0.39 is 0 Å². The molecule has 0 spiro atoms. The minimum atomic E-state index is -0.333. The molecule has 0 saturated carbocycles. The summed E-state index contributed by atoms with van der Waals surface area (Å²) in [6.07, 6.45) is 0.473. The lowest BCUT2D eigenvalue weighted by atomic mass is 9.99. The number of benzene rings is 4. The van der Waals surface area contributed by atoms with Crippen LogP contribution >= 0.6 is 0 Å². The van der Waals surface area contributed by atoms with Gasteiger partial charge in [0.25, 0.3) is 0 Å². The first-order chi connectivity index (χ1) is 16.6. The zero-order chi connectivity index (χ0) is 23.5. The standard InChI is InChI=1S/C30H24N2O2/c1-20-26-16-15-25(32-29(22-10-4-2-5-11-22)23-12-6-3-7-13-23)19-28(26)34-30(33)27(20)18-21-9-8-14-24(31)17-21/h2-17,19H,18,31H2,1H3. The van der Waals surface area contributed by atoms with E-state index >= 15 is 0 Å². The van der Waals surface area contributed by atoms with Gasteiger partial charge in [-0.15, -0.1) is 0 Å². The van der Waals surface area contributed by atoms with Crippen LogP contribution in [0.25, 0.3) is 11.0 Å². The topological polar surface area (TPSA) is 68.6 Å². The molecule has 0 aliphatic rings. The van der Waals surface area contributed by atoms with Crippen LogP contribution in [-0.2, 0) is 6.42 Å². The first-order valence-corrected chi connectivity index (χ1v) is 11.2. The number of anilines is 1. The number of aliphatic imine (C=N–C) groups is 1. The molecule has 0 saturated heterocycles. The average molecular weight is 445 g/mol. The Morgan fingerprint density at radius 3 is 2.15 bits per heavy atom. The number of aryl methyl sites for hydroxylation is 1. The normalized spacial score (nSPS) is 10.9. The van der Waals surface area contributed by atoms with Gasteiger partial charge in [-0.1, -0.05) is 72.8 Å².